The Morgan fingerprint density at radius 3 is 2.91 bits per heavy atom. The third-order valence-electron chi connectivity index (χ3n) is 2.79. The molecule has 1 aromatic carbocycles. The van der Waals surface area contributed by atoms with Gasteiger partial charge in [0.05, 0.1) is 5.69 Å². The molecular weight excluding hydrogens is 304 g/mol. The predicted octanol–water partition coefficient (Wildman–Crippen LogP) is 2.38. The van der Waals surface area contributed by atoms with Crippen LogP contribution < -0.4 is 16.4 Å². The maximum atomic E-state index is 11.7. The molecule has 2 aromatic rings. The third kappa shape index (κ3) is 4.74. The Bertz CT molecular complexity index is 672. The van der Waals surface area contributed by atoms with Gasteiger partial charge in [-0.15, -0.1) is 11.3 Å². The molecule has 0 radical (unpaired) electrons. The second kappa shape index (κ2) is 7.41. The molecule has 0 saturated carbocycles. The summed E-state index contributed by atoms with van der Waals surface area (Å²) in [4.78, 5) is 26.3. The summed E-state index contributed by atoms with van der Waals surface area (Å²) in [6.07, 6.45) is -0.425. The topological polar surface area (TPSA) is 117 Å². The van der Waals surface area contributed by atoms with Gasteiger partial charge < -0.3 is 21.5 Å². The van der Waals surface area contributed by atoms with Gasteiger partial charge in [0.25, 0.3) is 0 Å². The van der Waals surface area contributed by atoms with Crippen molar-refractivity contribution in [3.63, 3.8) is 0 Å². The van der Waals surface area contributed by atoms with Crippen molar-refractivity contribution in [3.05, 3.63) is 29.6 Å². The molecule has 0 fully saturated rings. The number of thiazole rings is 1. The van der Waals surface area contributed by atoms with Crippen molar-refractivity contribution in [2.75, 3.05) is 17.6 Å². The van der Waals surface area contributed by atoms with E-state index in [-0.39, 0.29) is 18.9 Å². The first-order chi connectivity index (χ1) is 10.5. The van der Waals surface area contributed by atoms with Gasteiger partial charge in [0.2, 0.25) is 5.91 Å². The van der Waals surface area contributed by atoms with Crippen LogP contribution in [-0.4, -0.2) is 28.6 Å². The normalized spacial score (nSPS) is 10.2. The highest BCUT2D eigenvalue weighted by Crippen LogP contribution is 2.26. The number of carboxylic acid groups (broad SMARTS) is 1. The van der Waals surface area contributed by atoms with E-state index >= 15 is 0 Å². The maximum absolute atomic E-state index is 11.7. The van der Waals surface area contributed by atoms with Gasteiger partial charge in [-0.3, -0.25) is 4.79 Å². The van der Waals surface area contributed by atoms with Gasteiger partial charge in [-0.05, 0) is 18.6 Å². The first-order valence-electron chi connectivity index (χ1n) is 6.62. The fraction of sp³-hybridized carbons (Fsp3) is 0.214. The van der Waals surface area contributed by atoms with Gasteiger partial charge >= 0.3 is 6.09 Å². The molecular formula is C14H16N4O3S. The number of rotatable bonds is 6. The number of aromatic nitrogens is 1. The van der Waals surface area contributed by atoms with Gasteiger partial charge in [-0.25, -0.2) is 9.78 Å². The number of carbonyl (C=O) groups is 2. The van der Waals surface area contributed by atoms with E-state index in [0.717, 1.165) is 11.3 Å². The highest BCUT2D eigenvalue weighted by Gasteiger charge is 2.08. The number of amides is 2. The van der Waals surface area contributed by atoms with Crippen LogP contribution in [0.2, 0.25) is 0 Å². The predicted molar refractivity (Wildman–Crippen MR) is 85.9 cm³/mol. The Morgan fingerprint density at radius 2 is 2.18 bits per heavy atom. The van der Waals surface area contributed by atoms with Crippen LogP contribution in [0.3, 0.4) is 0 Å². The van der Waals surface area contributed by atoms with Crippen molar-refractivity contribution in [1.29, 1.82) is 0 Å². The van der Waals surface area contributed by atoms with Gasteiger partial charge in [0, 0.05) is 29.6 Å². The molecule has 0 bridgehead atoms. The number of nitrogens with two attached hydrogens (primary N) is 1. The standard InChI is InChI=1S/C14H16N4O3S/c15-10-4-1-3-9(7-10)11-8-22-13(17-11)18-12(19)5-2-6-16-14(20)21/h1,3-4,7-8,16H,2,5-6,15H2,(H,20,21)(H,17,18,19). The molecule has 22 heavy (non-hydrogen) atoms. The Morgan fingerprint density at radius 1 is 1.36 bits per heavy atom. The van der Waals surface area contributed by atoms with Crippen molar-refractivity contribution in [2.45, 2.75) is 12.8 Å². The largest absolute Gasteiger partial charge is 0.465 e. The minimum atomic E-state index is -1.09. The lowest BCUT2D eigenvalue weighted by molar-refractivity contribution is -0.116. The van der Waals surface area contributed by atoms with E-state index in [1.165, 1.54) is 11.3 Å². The van der Waals surface area contributed by atoms with E-state index in [9.17, 15) is 9.59 Å². The molecule has 0 atom stereocenters. The summed E-state index contributed by atoms with van der Waals surface area (Å²) in [6.45, 7) is 0.245. The summed E-state index contributed by atoms with van der Waals surface area (Å²) < 4.78 is 0. The van der Waals surface area contributed by atoms with Crippen LogP contribution in [0.4, 0.5) is 15.6 Å². The van der Waals surface area contributed by atoms with Crippen LogP contribution in [0.1, 0.15) is 12.8 Å². The average molecular weight is 320 g/mol. The molecule has 2 amide bonds. The molecule has 2 rings (SSSR count). The fourth-order valence-corrected chi connectivity index (χ4v) is 2.52. The van der Waals surface area contributed by atoms with Crippen LogP contribution in [-0.2, 0) is 4.79 Å². The Hall–Kier alpha value is -2.61. The quantitative estimate of drug-likeness (QED) is 0.481. The van der Waals surface area contributed by atoms with Crippen molar-refractivity contribution in [1.82, 2.24) is 10.3 Å². The summed E-state index contributed by atoms with van der Waals surface area (Å²) in [6, 6.07) is 7.36. The van der Waals surface area contributed by atoms with Gasteiger partial charge in [0.15, 0.2) is 5.13 Å². The van der Waals surface area contributed by atoms with Gasteiger partial charge in [-0.1, -0.05) is 12.1 Å². The van der Waals surface area contributed by atoms with E-state index in [0.29, 0.717) is 17.2 Å². The Kier molecular flexibility index (Phi) is 5.31. The van der Waals surface area contributed by atoms with Crippen molar-refractivity contribution in [3.8, 4) is 11.3 Å². The molecule has 7 nitrogen and oxygen atoms in total. The number of nitrogen functional groups attached to an aromatic ring is 1. The molecule has 0 spiro atoms. The second-order valence-corrected chi connectivity index (χ2v) is 5.41. The van der Waals surface area contributed by atoms with Gasteiger partial charge in [0.1, 0.15) is 0 Å². The van der Waals surface area contributed by atoms with E-state index in [4.69, 9.17) is 10.8 Å². The molecule has 1 aromatic heterocycles. The fourth-order valence-electron chi connectivity index (χ4n) is 1.79. The molecule has 8 heteroatoms. The van der Waals surface area contributed by atoms with Crippen molar-refractivity contribution < 1.29 is 14.7 Å². The molecule has 0 unspecified atom stereocenters. The monoisotopic (exact) mass is 320 g/mol. The van der Waals surface area contributed by atoms with Crippen LogP contribution in [0, 0.1) is 0 Å². The number of hydrogen-bond donors (Lipinski definition) is 4. The zero-order valence-electron chi connectivity index (χ0n) is 11.7. The summed E-state index contributed by atoms with van der Waals surface area (Å²) in [5.41, 5.74) is 8.03. The minimum absolute atomic E-state index is 0.194. The Labute approximate surface area is 131 Å². The SMILES string of the molecule is Nc1cccc(-c2csc(NC(=O)CCCNC(=O)O)n2)c1. The molecule has 1 heterocycles. The molecule has 0 aliphatic heterocycles. The number of nitrogens with one attached hydrogen (secondary N) is 2. The highest BCUT2D eigenvalue weighted by atomic mass is 32.1. The number of anilines is 2. The smallest absolute Gasteiger partial charge is 0.404 e. The van der Waals surface area contributed by atoms with Gasteiger partial charge in [-0.2, -0.15) is 0 Å². The Balaban J connectivity index is 1.86. The number of benzene rings is 1. The van der Waals surface area contributed by atoms with E-state index < -0.39 is 6.09 Å². The third-order valence-corrected chi connectivity index (χ3v) is 3.55. The van der Waals surface area contributed by atoms with E-state index in [2.05, 4.69) is 15.6 Å². The van der Waals surface area contributed by atoms with Crippen LogP contribution in [0.15, 0.2) is 29.6 Å². The lowest BCUT2D eigenvalue weighted by Crippen LogP contribution is -2.23. The first kappa shape index (κ1) is 15.8. The van der Waals surface area contributed by atoms with Crippen LogP contribution in [0.25, 0.3) is 11.3 Å². The second-order valence-electron chi connectivity index (χ2n) is 4.55. The molecule has 0 saturated heterocycles. The zero-order chi connectivity index (χ0) is 15.9. The highest BCUT2D eigenvalue weighted by molar-refractivity contribution is 7.14. The van der Waals surface area contributed by atoms with Crippen molar-refractivity contribution >= 4 is 34.2 Å². The lowest BCUT2D eigenvalue weighted by atomic mass is 10.1. The molecule has 0 aliphatic carbocycles. The van der Waals surface area contributed by atoms with Crippen molar-refractivity contribution in [2.24, 2.45) is 0 Å². The molecule has 5 N–H and O–H groups in total. The number of hydrogen-bond acceptors (Lipinski definition) is 5. The zero-order valence-corrected chi connectivity index (χ0v) is 12.5. The lowest BCUT2D eigenvalue weighted by Gasteiger charge is -2.02. The van der Waals surface area contributed by atoms with E-state index in [1.54, 1.807) is 6.07 Å². The number of nitrogens with zero attached hydrogens (tertiary/aromatic N) is 1. The maximum Gasteiger partial charge on any atom is 0.404 e. The molecule has 0 aliphatic rings. The van der Waals surface area contributed by atoms with Crippen LogP contribution >= 0.6 is 11.3 Å². The summed E-state index contributed by atoms with van der Waals surface area (Å²) in [7, 11) is 0. The summed E-state index contributed by atoms with van der Waals surface area (Å²) in [5.74, 6) is -0.194. The minimum Gasteiger partial charge on any atom is -0.465 e. The molecule has 116 valence electrons. The summed E-state index contributed by atoms with van der Waals surface area (Å²) in [5, 5.41) is 15.7. The number of carbonyl (C=O) groups excluding carboxylic acids is 1. The first-order valence-corrected chi connectivity index (χ1v) is 7.50. The summed E-state index contributed by atoms with van der Waals surface area (Å²) >= 11 is 1.33. The van der Waals surface area contributed by atoms with E-state index in [1.807, 2.05) is 23.6 Å². The van der Waals surface area contributed by atoms with Crippen LogP contribution in [0.5, 0.6) is 0 Å². The average Bonchev–Trinajstić information content (AvgIpc) is 2.92.